The lowest BCUT2D eigenvalue weighted by atomic mass is 10.0. The normalized spacial score (nSPS) is 15.2. The third kappa shape index (κ3) is 5.80. The number of hydrogen-bond donors (Lipinski definition) is 1. The third-order valence-corrected chi connectivity index (χ3v) is 8.27. The zero-order valence-corrected chi connectivity index (χ0v) is 22.4. The Morgan fingerprint density at radius 1 is 1.07 bits per heavy atom. The Balaban J connectivity index is 1.08. The van der Waals surface area contributed by atoms with Gasteiger partial charge >= 0.3 is 6.18 Å². The molecular formula is C28H27F3N8S. The van der Waals surface area contributed by atoms with E-state index >= 15 is 0 Å². The number of thiophene rings is 1. The molecule has 1 fully saturated rings. The van der Waals surface area contributed by atoms with Gasteiger partial charge in [-0.1, -0.05) is 12.0 Å². The standard InChI is InChI=1S/C28H27F3N8S/c1-2-22-12-20-11-19(3-4-25(20)39(22)10-9-38-18-32-16-35-38)15-37-7-5-21(6-8-37)36-26-24-13-23(14-28(29,30)31)40-27(24)34-17-33-26/h1,3-4,11-13,16-18,21H,5-10,14-15H2,(H,33,34,36). The van der Waals surface area contributed by atoms with E-state index in [1.54, 1.807) is 17.1 Å². The molecule has 5 heterocycles. The number of rotatable bonds is 8. The van der Waals surface area contributed by atoms with E-state index in [1.807, 2.05) is 0 Å². The first-order chi connectivity index (χ1) is 19.3. The Bertz CT molecular complexity index is 1660. The van der Waals surface area contributed by atoms with Crippen LogP contribution in [0, 0.1) is 12.3 Å². The highest BCUT2D eigenvalue weighted by Crippen LogP contribution is 2.33. The van der Waals surface area contributed by atoms with Crippen LogP contribution in [0.5, 0.6) is 0 Å². The number of aromatic nitrogens is 6. The van der Waals surface area contributed by atoms with E-state index in [4.69, 9.17) is 6.42 Å². The van der Waals surface area contributed by atoms with Gasteiger partial charge in [-0.25, -0.2) is 15.0 Å². The molecule has 0 saturated carbocycles. The summed E-state index contributed by atoms with van der Waals surface area (Å²) in [4.78, 5) is 15.7. The van der Waals surface area contributed by atoms with E-state index in [2.05, 4.69) is 65.0 Å². The summed E-state index contributed by atoms with van der Waals surface area (Å²) < 4.78 is 42.5. The van der Waals surface area contributed by atoms with Crippen molar-refractivity contribution >= 4 is 38.3 Å². The molecule has 1 aliphatic heterocycles. The first-order valence-corrected chi connectivity index (χ1v) is 13.9. The molecule has 5 aromatic rings. The lowest BCUT2D eigenvalue weighted by Crippen LogP contribution is -2.38. The predicted octanol–water partition coefficient (Wildman–Crippen LogP) is 5.10. The summed E-state index contributed by atoms with van der Waals surface area (Å²) in [5.74, 6) is 3.41. The van der Waals surface area contributed by atoms with Gasteiger partial charge in [0.2, 0.25) is 0 Å². The second kappa shape index (κ2) is 10.9. The van der Waals surface area contributed by atoms with Gasteiger partial charge in [0.15, 0.2) is 0 Å². The highest BCUT2D eigenvalue weighted by Gasteiger charge is 2.29. The molecule has 1 aromatic carbocycles. The molecule has 0 unspecified atom stereocenters. The molecule has 0 bridgehead atoms. The second-order valence-corrected chi connectivity index (χ2v) is 11.1. The average molecular weight is 565 g/mol. The Labute approximate surface area is 232 Å². The fourth-order valence-electron chi connectivity index (χ4n) is 5.32. The number of nitrogens with one attached hydrogen (secondary N) is 1. The maximum Gasteiger partial charge on any atom is 0.393 e. The maximum atomic E-state index is 12.9. The number of hydrogen-bond acceptors (Lipinski definition) is 7. The van der Waals surface area contributed by atoms with Gasteiger partial charge < -0.3 is 9.88 Å². The molecule has 1 aliphatic rings. The molecule has 0 radical (unpaired) electrons. The van der Waals surface area contributed by atoms with E-state index in [1.165, 1.54) is 18.2 Å². The fourth-order valence-corrected chi connectivity index (χ4v) is 6.35. The van der Waals surface area contributed by atoms with Crippen molar-refractivity contribution in [2.24, 2.45) is 0 Å². The summed E-state index contributed by atoms with van der Waals surface area (Å²) in [6.45, 7) is 4.04. The SMILES string of the molecule is C#Cc1cc2cc(CN3CCC(Nc4ncnc5sc(CC(F)(F)F)cc45)CC3)ccc2n1CCn1cncn1. The summed E-state index contributed by atoms with van der Waals surface area (Å²) in [6, 6.07) is 10.3. The minimum Gasteiger partial charge on any atom is -0.367 e. The number of halogens is 3. The number of aryl methyl sites for hydroxylation is 2. The Hall–Kier alpha value is -3.95. The second-order valence-electron chi connectivity index (χ2n) is 10.0. The summed E-state index contributed by atoms with van der Waals surface area (Å²) in [5.41, 5.74) is 3.17. The van der Waals surface area contributed by atoms with Crippen molar-refractivity contribution in [1.29, 1.82) is 0 Å². The Morgan fingerprint density at radius 2 is 1.93 bits per heavy atom. The first kappa shape index (κ1) is 26.3. The lowest BCUT2D eigenvalue weighted by Gasteiger charge is -2.32. The van der Waals surface area contributed by atoms with Gasteiger partial charge in [-0.05, 0) is 42.7 Å². The van der Waals surface area contributed by atoms with Crippen LogP contribution >= 0.6 is 11.3 Å². The monoisotopic (exact) mass is 564 g/mol. The zero-order chi connectivity index (χ0) is 27.7. The third-order valence-electron chi connectivity index (χ3n) is 7.22. The van der Waals surface area contributed by atoms with Crippen molar-refractivity contribution in [2.75, 3.05) is 18.4 Å². The minimum absolute atomic E-state index is 0.194. The number of piperidine rings is 1. The molecule has 6 rings (SSSR count). The maximum absolute atomic E-state index is 12.9. The molecular weight excluding hydrogens is 537 g/mol. The number of fused-ring (bicyclic) bond motifs is 2. The van der Waals surface area contributed by atoms with Crippen molar-refractivity contribution in [1.82, 2.24) is 34.2 Å². The lowest BCUT2D eigenvalue weighted by molar-refractivity contribution is -0.126. The van der Waals surface area contributed by atoms with Gasteiger partial charge in [-0.2, -0.15) is 18.3 Å². The molecule has 1 saturated heterocycles. The number of terminal acetylenes is 1. The van der Waals surface area contributed by atoms with Crippen LogP contribution in [-0.4, -0.2) is 59.5 Å². The van der Waals surface area contributed by atoms with E-state index in [9.17, 15) is 13.2 Å². The summed E-state index contributed by atoms with van der Waals surface area (Å²) in [7, 11) is 0. The molecule has 8 nitrogen and oxygen atoms in total. The quantitative estimate of drug-likeness (QED) is 0.264. The van der Waals surface area contributed by atoms with Crippen LogP contribution in [-0.2, 0) is 26.1 Å². The Morgan fingerprint density at radius 3 is 2.67 bits per heavy atom. The number of nitrogens with zero attached hydrogens (tertiary/aromatic N) is 7. The molecule has 0 atom stereocenters. The highest BCUT2D eigenvalue weighted by molar-refractivity contribution is 7.18. The van der Waals surface area contributed by atoms with Crippen molar-refractivity contribution in [3.05, 3.63) is 65.4 Å². The molecule has 206 valence electrons. The molecule has 0 amide bonds. The molecule has 12 heteroatoms. The molecule has 0 aliphatic carbocycles. The summed E-state index contributed by atoms with van der Waals surface area (Å²) in [6.07, 6.45) is 7.06. The fraction of sp³-hybridized carbons (Fsp3) is 0.357. The number of anilines is 1. The Kier molecular flexibility index (Phi) is 7.16. The van der Waals surface area contributed by atoms with Crippen molar-refractivity contribution < 1.29 is 13.2 Å². The van der Waals surface area contributed by atoms with Crippen LogP contribution in [0.3, 0.4) is 0 Å². The van der Waals surface area contributed by atoms with Crippen LogP contribution in [0.15, 0.2) is 49.3 Å². The number of alkyl halides is 3. The number of benzene rings is 1. The molecule has 40 heavy (non-hydrogen) atoms. The zero-order valence-electron chi connectivity index (χ0n) is 21.6. The van der Waals surface area contributed by atoms with Crippen LogP contribution < -0.4 is 5.32 Å². The van der Waals surface area contributed by atoms with Crippen molar-refractivity contribution in [3.63, 3.8) is 0 Å². The largest absolute Gasteiger partial charge is 0.393 e. The van der Waals surface area contributed by atoms with Gasteiger partial charge in [0.25, 0.3) is 0 Å². The topological polar surface area (TPSA) is 76.7 Å². The van der Waals surface area contributed by atoms with Gasteiger partial charge in [-0.3, -0.25) is 9.58 Å². The smallest absolute Gasteiger partial charge is 0.367 e. The van der Waals surface area contributed by atoms with Crippen molar-refractivity contribution in [3.8, 4) is 12.3 Å². The first-order valence-electron chi connectivity index (χ1n) is 13.0. The molecule has 0 spiro atoms. The summed E-state index contributed by atoms with van der Waals surface area (Å²) in [5, 5.41) is 9.41. The average Bonchev–Trinajstić information content (AvgIpc) is 3.66. The number of likely N-dealkylation sites (tertiary alicyclic amines) is 1. The van der Waals surface area contributed by atoms with Crippen LogP contribution in [0.4, 0.5) is 19.0 Å². The van der Waals surface area contributed by atoms with Crippen LogP contribution in [0.25, 0.3) is 21.1 Å². The van der Waals surface area contributed by atoms with Gasteiger partial charge in [-0.15, -0.1) is 17.8 Å². The van der Waals surface area contributed by atoms with Gasteiger partial charge in [0.05, 0.1) is 24.0 Å². The minimum atomic E-state index is -4.24. The van der Waals surface area contributed by atoms with E-state index in [-0.39, 0.29) is 10.9 Å². The molecule has 4 aromatic heterocycles. The highest BCUT2D eigenvalue weighted by atomic mass is 32.1. The van der Waals surface area contributed by atoms with E-state index < -0.39 is 12.6 Å². The van der Waals surface area contributed by atoms with Gasteiger partial charge in [0.1, 0.15) is 29.6 Å². The van der Waals surface area contributed by atoms with Gasteiger partial charge in [0, 0.05) is 48.0 Å². The van der Waals surface area contributed by atoms with Crippen molar-refractivity contribution in [2.45, 2.75) is 51.1 Å². The summed E-state index contributed by atoms with van der Waals surface area (Å²) >= 11 is 1.07. The molecule has 1 N–H and O–H groups in total. The van der Waals surface area contributed by atoms with E-state index in [0.29, 0.717) is 29.1 Å². The predicted molar refractivity (Wildman–Crippen MR) is 149 cm³/mol. The van der Waals surface area contributed by atoms with E-state index in [0.717, 1.165) is 60.4 Å². The van der Waals surface area contributed by atoms with Crippen LogP contribution in [0.1, 0.15) is 29.0 Å². The van der Waals surface area contributed by atoms with Crippen LogP contribution in [0.2, 0.25) is 0 Å².